The van der Waals surface area contributed by atoms with Crippen molar-refractivity contribution in [2.75, 3.05) is 23.4 Å². The fraction of sp³-hybridized carbons (Fsp3) is 0.367. The molecular formula is C30H31F4N5OS2. The summed E-state index contributed by atoms with van der Waals surface area (Å²) < 4.78 is 53.9. The Morgan fingerprint density at radius 3 is 2.45 bits per heavy atom. The van der Waals surface area contributed by atoms with Crippen LogP contribution in [0, 0.1) is 19.7 Å². The van der Waals surface area contributed by atoms with Crippen LogP contribution in [-0.4, -0.2) is 51.3 Å². The molecule has 0 atom stereocenters. The average molecular weight is 618 g/mol. The Balaban J connectivity index is 0.000000524. The molecule has 1 aliphatic heterocycles. The van der Waals surface area contributed by atoms with Gasteiger partial charge in [0.1, 0.15) is 9.90 Å². The molecule has 2 fully saturated rings. The summed E-state index contributed by atoms with van der Waals surface area (Å²) in [5.41, 5.74) is 6.19. The van der Waals surface area contributed by atoms with Crippen molar-refractivity contribution in [1.29, 1.82) is 0 Å². The van der Waals surface area contributed by atoms with Gasteiger partial charge in [0.05, 0.1) is 29.7 Å². The van der Waals surface area contributed by atoms with E-state index in [1.807, 2.05) is 38.1 Å². The molecule has 6 rings (SSSR count). The maximum atomic E-state index is 14.3. The number of fused-ring (bicyclic) bond motifs is 1. The van der Waals surface area contributed by atoms with E-state index < -0.39 is 16.7 Å². The van der Waals surface area contributed by atoms with Crippen LogP contribution in [0.4, 0.5) is 23.2 Å². The minimum atomic E-state index is -4.28. The summed E-state index contributed by atoms with van der Waals surface area (Å²) >= 11 is 3.30. The van der Waals surface area contributed by atoms with Crippen LogP contribution in [0.5, 0.6) is 0 Å². The summed E-state index contributed by atoms with van der Waals surface area (Å²) in [6.45, 7) is 3.77. The molecule has 1 saturated heterocycles. The molecule has 2 aliphatic rings. The van der Waals surface area contributed by atoms with Crippen molar-refractivity contribution in [3.63, 3.8) is 0 Å². The number of halogens is 4. The molecule has 1 saturated carbocycles. The zero-order valence-corrected chi connectivity index (χ0v) is 24.8. The van der Waals surface area contributed by atoms with Crippen LogP contribution in [0.25, 0.3) is 16.9 Å². The Kier molecular flexibility index (Phi) is 9.03. The van der Waals surface area contributed by atoms with Gasteiger partial charge in [0.25, 0.3) is 0 Å². The first-order chi connectivity index (χ1) is 20.1. The van der Waals surface area contributed by atoms with Crippen LogP contribution >= 0.6 is 23.5 Å². The molecule has 12 heteroatoms. The molecule has 2 aromatic carbocycles. The topological polar surface area (TPSA) is 71.3 Å². The number of hydrogen-bond donors (Lipinski definition) is 2. The number of alkyl halides is 3. The van der Waals surface area contributed by atoms with E-state index in [-0.39, 0.29) is 12.4 Å². The standard InChI is InChI=1S/C26H24F4N4S2.C4H7NO/c1-16-6-7-18(12-17(16)2)22-15-32-24-21(31-9-8-25(28,29)30)14-23(33-34(22)24)26(35-10-11-36-26)19-4-3-5-20(27)13-19;6-3-5-4-1-2-4/h3-7,12-15,31H,8-11H2,1-2H3;3-4H,1-2H2,(H,5,6). The summed E-state index contributed by atoms with van der Waals surface area (Å²) in [6, 6.07) is 14.8. The van der Waals surface area contributed by atoms with E-state index in [9.17, 15) is 22.4 Å². The average Bonchev–Trinajstić information content (AvgIpc) is 3.44. The number of carbonyl (C=O) groups is 1. The SMILES string of the molecule is Cc1ccc(-c2cnc3c(NCCC(F)(F)F)cc(C4(c5cccc(F)c5)SCCS4)nn23)cc1C.O=CNC1CC1. The van der Waals surface area contributed by atoms with Crippen molar-refractivity contribution in [3.05, 3.63) is 82.9 Å². The van der Waals surface area contributed by atoms with E-state index in [4.69, 9.17) is 5.10 Å². The number of carbonyl (C=O) groups excluding carboxylic acids is 1. The van der Waals surface area contributed by atoms with Gasteiger partial charge in [-0.25, -0.2) is 13.9 Å². The number of rotatable bonds is 8. The van der Waals surface area contributed by atoms with Crippen LogP contribution in [0.15, 0.2) is 54.7 Å². The predicted molar refractivity (Wildman–Crippen MR) is 161 cm³/mol. The lowest BCUT2D eigenvalue weighted by atomic mass is 10.0. The van der Waals surface area contributed by atoms with Crippen molar-refractivity contribution < 1.29 is 22.4 Å². The van der Waals surface area contributed by atoms with Gasteiger partial charge in [-0.05, 0) is 67.6 Å². The van der Waals surface area contributed by atoms with Crippen LogP contribution < -0.4 is 10.6 Å². The molecule has 2 aromatic heterocycles. The molecule has 3 heterocycles. The number of aryl methyl sites for hydroxylation is 2. The van der Waals surface area contributed by atoms with Gasteiger partial charge in [-0.15, -0.1) is 23.5 Å². The molecular weight excluding hydrogens is 586 g/mol. The van der Waals surface area contributed by atoms with Crippen molar-refractivity contribution >= 4 is 41.3 Å². The molecule has 42 heavy (non-hydrogen) atoms. The zero-order valence-electron chi connectivity index (χ0n) is 23.2. The fourth-order valence-corrected chi connectivity index (χ4v) is 7.77. The molecule has 0 unspecified atom stereocenters. The highest BCUT2D eigenvalue weighted by atomic mass is 32.2. The van der Waals surface area contributed by atoms with E-state index in [0.717, 1.165) is 45.9 Å². The molecule has 0 radical (unpaired) electrons. The number of imidazole rings is 1. The Morgan fingerprint density at radius 1 is 1.07 bits per heavy atom. The van der Waals surface area contributed by atoms with E-state index in [1.165, 1.54) is 25.0 Å². The summed E-state index contributed by atoms with van der Waals surface area (Å²) in [5.74, 6) is 1.33. The minimum Gasteiger partial charge on any atom is -0.382 e. The second kappa shape index (κ2) is 12.5. The van der Waals surface area contributed by atoms with Crippen molar-refractivity contribution in [2.24, 2.45) is 0 Å². The first kappa shape index (κ1) is 30.2. The van der Waals surface area contributed by atoms with Crippen molar-refractivity contribution in [2.45, 2.75) is 49.4 Å². The number of amides is 1. The molecule has 222 valence electrons. The normalized spacial score (nSPS) is 16.1. The van der Waals surface area contributed by atoms with Crippen molar-refractivity contribution in [1.82, 2.24) is 19.9 Å². The smallest absolute Gasteiger partial charge is 0.382 e. The first-order valence-corrected chi connectivity index (χ1v) is 15.6. The van der Waals surface area contributed by atoms with Gasteiger partial charge >= 0.3 is 6.18 Å². The Bertz CT molecular complexity index is 1570. The molecule has 6 nitrogen and oxygen atoms in total. The maximum absolute atomic E-state index is 14.3. The van der Waals surface area contributed by atoms with Crippen LogP contribution in [-0.2, 0) is 8.87 Å². The molecule has 4 aromatic rings. The van der Waals surface area contributed by atoms with Crippen LogP contribution in [0.2, 0.25) is 0 Å². The summed E-state index contributed by atoms with van der Waals surface area (Å²) in [7, 11) is 0. The third-order valence-electron chi connectivity index (χ3n) is 7.11. The van der Waals surface area contributed by atoms with E-state index >= 15 is 0 Å². The molecule has 1 amide bonds. The highest BCUT2D eigenvalue weighted by Crippen LogP contribution is 2.56. The second-order valence-corrected chi connectivity index (χ2v) is 13.2. The monoisotopic (exact) mass is 617 g/mol. The fourth-order valence-electron chi connectivity index (χ4n) is 4.61. The lowest BCUT2D eigenvalue weighted by molar-refractivity contribution is -0.131. The number of benzene rings is 2. The van der Waals surface area contributed by atoms with Gasteiger partial charge in [0.15, 0.2) is 5.65 Å². The van der Waals surface area contributed by atoms with E-state index in [0.29, 0.717) is 23.1 Å². The molecule has 0 bridgehead atoms. The molecule has 2 N–H and O–H groups in total. The van der Waals surface area contributed by atoms with E-state index in [1.54, 1.807) is 46.4 Å². The number of hydrogen-bond acceptors (Lipinski definition) is 6. The minimum absolute atomic E-state index is 0.290. The van der Waals surface area contributed by atoms with Gasteiger partial charge in [0, 0.05) is 29.7 Å². The van der Waals surface area contributed by atoms with Gasteiger partial charge in [0.2, 0.25) is 6.41 Å². The lowest BCUT2D eigenvalue weighted by Gasteiger charge is -2.28. The summed E-state index contributed by atoms with van der Waals surface area (Å²) in [5, 5.41) is 10.5. The van der Waals surface area contributed by atoms with Crippen LogP contribution in [0.1, 0.15) is 41.6 Å². The zero-order chi connectivity index (χ0) is 29.9. The lowest BCUT2D eigenvalue weighted by Crippen LogP contribution is -2.21. The number of anilines is 1. The Morgan fingerprint density at radius 2 is 1.83 bits per heavy atom. The molecule has 0 spiro atoms. The largest absolute Gasteiger partial charge is 0.390 e. The van der Waals surface area contributed by atoms with Gasteiger partial charge in [-0.1, -0.05) is 24.3 Å². The Labute approximate surface area is 250 Å². The number of nitrogens with one attached hydrogen (secondary N) is 2. The van der Waals surface area contributed by atoms with Crippen LogP contribution in [0.3, 0.4) is 0 Å². The second-order valence-electron chi connectivity index (χ2n) is 10.3. The third kappa shape index (κ3) is 6.86. The van der Waals surface area contributed by atoms with E-state index in [2.05, 4.69) is 15.6 Å². The summed E-state index contributed by atoms with van der Waals surface area (Å²) in [6.07, 6.45) is -0.441. The Hall–Kier alpha value is -3.25. The van der Waals surface area contributed by atoms with Gasteiger partial charge < -0.3 is 10.6 Å². The van der Waals surface area contributed by atoms with Gasteiger partial charge in [-0.3, -0.25) is 4.79 Å². The number of aromatic nitrogens is 3. The van der Waals surface area contributed by atoms with Crippen molar-refractivity contribution in [3.8, 4) is 11.3 Å². The highest BCUT2D eigenvalue weighted by molar-refractivity contribution is 8.20. The predicted octanol–water partition coefficient (Wildman–Crippen LogP) is 7.09. The number of nitrogens with zero attached hydrogens (tertiary/aromatic N) is 3. The number of thioether (sulfide) groups is 2. The molecule has 1 aliphatic carbocycles. The third-order valence-corrected chi connectivity index (χ3v) is 10.6. The quantitative estimate of drug-likeness (QED) is 0.163. The highest BCUT2D eigenvalue weighted by Gasteiger charge is 2.42. The first-order valence-electron chi connectivity index (χ1n) is 13.6. The maximum Gasteiger partial charge on any atom is 0.390 e. The van der Waals surface area contributed by atoms with Gasteiger partial charge in [-0.2, -0.15) is 18.3 Å². The summed E-state index contributed by atoms with van der Waals surface area (Å²) in [4.78, 5) is 14.1.